The molecule has 174 valence electrons. The molecule has 3 aromatic heterocycles. The topological polar surface area (TPSA) is 114 Å². The molecule has 0 atom stereocenters. The van der Waals surface area contributed by atoms with Gasteiger partial charge in [-0.2, -0.15) is 10.2 Å². The molecule has 5 rings (SSSR count). The van der Waals surface area contributed by atoms with Gasteiger partial charge in [-0.05, 0) is 31.2 Å². The Morgan fingerprint density at radius 3 is 2.60 bits per heavy atom. The van der Waals surface area contributed by atoms with Crippen LogP contribution in [0, 0.1) is 6.92 Å². The molecule has 0 aliphatic rings. The minimum Gasteiger partial charge on any atom is -0.460 e. The van der Waals surface area contributed by atoms with Crippen LogP contribution >= 0.6 is 11.8 Å². The van der Waals surface area contributed by atoms with Crippen molar-refractivity contribution in [2.75, 3.05) is 5.75 Å². The quantitative estimate of drug-likeness (QED) is 0.191. The Labute approximate surface area is 205 Å². The van der Waals surface area contributed by atoms with Gasteiger partial charge in [0.15, 0.2) is 16.7 Å². The van der Waals surface area contributed by atoms with E-state index in [1.54, 1.807) is 6.20 Å². The van der Waals surface area contributed by atoms with Crippen molar-refractivity contribution in [3.8, 4) is 28.5 Å². The summed E-state index contributed by atoms with van der Waals surface area (Å²) in [6, 6.07) is 23.4. The number of benzene rings is 2. The summed E-state index contributed by atoms with van der Waals surface area (Å²) in [6.45, 7) is 1.87. The molecule has 3 heterocycles. The molecule has 2 aromatic carbocycles. The van der Waals surface area contributed by atoms with Gasteiger partial charge in [0.2, 0.25) is 0 Å². The van der Waals surface area contributed by atoms with Crippen LogP contribution < -0.4 is 5.43 Å². The molecule has 9 nitrogen and oxygen atoms in total. The summed E-state index contributed by atoms with van der Waals surface area (Å²) in [6.07, 6.45) is 3.14. The van der Waals surface area contributed by atoms with Gasteiger partial charge in [0.25, 0.3) is 5.91 Å². The summed E-state index contributed by atoms with van der Waals surface area (Å²) in [5.41, 5.74) is 5.79. The molecule has 0 aliphatic carbocycles. The lowest BCUT2D eigenvalue weighted by Crippen LogP contribution is -2.20. The molecular formula is C25H21N7O2S. The zero-order chi connectivity index (χ0) is 24.0. The first kappa shape index (κ1) is 22.4. The molecule has 35 heavy (non-hydrogen) atoms. The van der Waals surface area contributed by atoms with E-state index in [-0.39, 0.29) is 11.7 Å². The van der Waals surface area contributed by atoms with E-state index >= 15 is 0 Å². The third-order valence-corrected chi connectivity index (χ3v) is 5.99. The molecule has 2 N–H and O–H groups in total. The molecular weight excluding hydrogens is 462 g/mol. The Balaban J connectivity index is 1.28. The number of aryl methyl sites for hydroxylation is 1. The number of hydrazone groups is 1. The maximum absolute atomic E-state index is 12.5. The predicted octanol–water partition coefficient (Wildman–Crippen LogP) is 4.47. The largest absolute Gasteiger partial charge is 0.460 e. The second kappa shape index (κ2) is 10.2. The van der Waals surface area contributed by atoms with Gasteiger partial charge >= 0.3 is 0 Å². The molecule has 0 saturated heterocycles. The van der Waals surface area contributed by atoms with Crippen molar-refractivity contribution >= 4 is 23.9 Å². The van der Waals surface area contributed by atoms with Crippen LogP contribution in [0.25, 0.3) is 28.5 Å². The maximum Gasteiger partial charge on any atom is 0.250 e. The summed E-state index contributed by atoms with van der Waals surface area (Å²) in [5, 5.41) is 20.3. The minimum absolute atomic E-state index is 0.118. The van der Waals surface area contributed by atoms with E-state index in [2.05, 4.69) is 30.9 Å². The molecule has 10 heteroatoms. The SMILES string of the molecule is Cc1ccc(-c2[nH]ncc2/C=N/NC(=O)CSc2nnc(-c3ccccc3)n2-c2ccccc2)o1. The maximum atomic E-state index is 12.5. The van der Waals surface area contributed by atoms with Crippen molar-refractivity contribution in [2.24, 2.45) is 5.10 Å². The number of thioether (sulfide) groups is 1. The molecule has 0 unspecified atom stereocenters. The highest BCUT2D eigenvalue weighted by atomic mass is 32.2. The van der Waals surface area contributed by atoms with Crippen LogP contribution in [0.3, 0.4) is 0 Å². The number of para-hydroxylation sites is 1. The molecule has 5 aromatic rings. The number of H-pyrrole nitrogens is 1. The third kappa shape index (κ3) is 5.07. The van der Waals surface area contributed by atoms with E-state index in [0.29, 0.717) is 28.0 Å². The Bertz CT molecular complexity index is 1460. The number of amides is 1. The number of nitrogens with one attached hydrogen (secondary N) is 2. The van der Waals surface area contributed by atoms with Gasteiger partial charge in [-0.25, -0.2) is 5.43 Å². The summed E-state index contributed by atoms with van der Waals surface area (Å²) in [7, 11) is 0. The second-order valence-corrected chi connectivity index (χ2v) is 8.48. The molecule has 0 radical (unpaired) electrons. The number of carbonyl (C=O) groups is 1. The molecule has 1 amide bonds. The van der Waals surface area contributed by atoms with Crippen molar-refractivity contribution in [1.29, 1.82) is 0 Å². The number of furan rings is 1. The normalized spacial score (nSPS) is 11.2. The van der Waals surface area contributed by atoms with Gasteiger partial charge in [-0.1, -0.05) is 60.3 Å². The van der Waals surface area contributed by atoms with Crippen molar-refractivity contribution in [2.45, 2.75) is 12.1 Å². The number of nitrogens with zero attached hydrogens (tertiary/aromatic N) is 5. The van der Waals surface area contributed by atoms with E-state index in [4.69, 9.17) is 4.42 Å². The highest BCUT2D eigenvalue weighted by molar-refractivity contribution is 7.99. The van der Waals surface area contributed by atoms with Crippen LogP contribution in [0.1, 0.15) is 11.3 Å². The lowest BCUT2D eigenvalue weighted by molar-refractivity contribution is -0.118. The predicted molar refractivity (Wildman–Crippen MR) is 134 cm³/mol. The van der Waals surface area contributed by atoms with E-state index in [0.717, 1.165) is 17.0 Å². The molecule has 0 saturated carbocycles. The Morgan fingerprint density at radius 2 is 1.86 bits per heavy atom. The van der Waals surface area contributed by atoms with Crippen LogP contribution in [0.15, 0.2) is 93.7 Å². The Morgan fingerprint density at radius 1 is 1.09 bits per heavy atom. The Hall–Kier alpha value is -4.44. The summed E-state index contributed by atoms with van der Waals surface area (Å²) >= 11 is 1.29. The van der Waals surface area contributed by atoms with E-state index < -0.39 is 0 Å². The fraction of sp³-hybridized carbons (Fsp3) is 0.0800. The number of rotatable bonds is 8. The first-order valence-corrected chi connectivity index (χ1v) is 11.8. The number of aromatic nitrogens is 5. The number of aromatic amines is 1. The number of carbonyl (C=O) groups excluding carboxylic acids is 1. The fourth-order valence-corrected chi connectivity index (χ4v) is 4.19. The molecule has 0 bridgehead atoms. The van der Waals surface area contributed by atoms with Crippen LogP contribution in [-0.4, -0.2) is 42.8 Å². The molecule has 0 aliphatic heterocycles. The first-order chi connectivity index (χ1) is 17.2. The number of hydrogen-bond donors (Lipinski definition) is 2. The smallest absolute Gasteiger partial charge is 0.250 e. The van der Waals surface area contributed by atoms with Crippen molar-refractivity contribution in [3.63, 3.8) is 0 Å². The van der Waals surface area contributed by atoms with E-state index in [9.17, 15) is 4.79 Å². The van der Waals surface area contributed by atoms with Gasteiger partial charge in [0.1, 0.15) is 11.5 Å². The average Bonchev–Trinajstić information content (AvgIpc) is 3.63. The summed E-state index contributed by atoms with van der Waals surface area (Å²) < 4.78 is 7.57. The second-order valence-electron chi connectivity index (χ2n) is 7.54. The first-order valence-electron chi connectivity index (χ1n) is 10.8. The van der Waals surface area contributed by atoms with Crippen molar-refractivity contribution in [3.05, 3.63) is 90.3 Å². The number of hydrogen-bond acceptors (Lipinski definition) is 7. The zero-order valence-electron chi connectivity index (χ0n) is 18.8. The van der Waals surface area contributed by atoms with Gasteiger partial charge in [0.05, 0.1) is 18.2 Å². The highest BCUT2D eigenvalue weighted by Crippen LogP contribution is 2.27. The van der Waals surface area contributed by atoms with Gasteiger partial charge in [-0.3, -0.25) is 14.5 Å². The summed E-state index contributed by atoms with van der Waals surface area (Å²) in [4.78, 5) is 12.5. The zero-order valence-corrected chi connectivity index (χ0v) is 19.6. The summed E-state index contributed by atoms with van der Waals surface area (Å²) in [5.74, 6) is 2.00. The van der Waals surface area contributed by atoms with Crippen molar-refractivity contribution < 1.29 is 9.21 Å². The van der Waals surface area contributed by atoms with E-state index in [1.165, 1.54) is 18.0 Å². The van der Waals surface area contributed by atoms with E-state index in [1.807, 2.05) is 84.3 Å². The Kier molecular flexibility index (Phi) is 6.53. The third-order valence-electron chi connectivity index (χ3n) is 5.06. The fourth-order valence-electron chi connectivity index (χ4n) is 3.44. The lowest BCUT2D eigenvalue weighted by Gasteiger charge is -2.10. The van der Waals surface area contributed by atoms with Crippen LogP contribution in [-0.2, 0) is 4.79 Å². The monoisotopic (exact) mass is 483 g/mol. The van der Waals surface area contributed by atoms with Crippen LogP contribution in [0.5, 0.6) is 0 Å². The van der Waals surface area contributed by atoms with Crippen molar-refractivity contribution in [1.82, 2.24) is 30.4 Å². The standard InChI is InChI=1S/C25H21N7O2S/c1-17-12-13-21(34-17)23-19(15-27-29-23)14-26-28-22(33)16-35-25-31-30-24(18-8-4-2-5-9-18)32(25)20-10-6-3-7-11-20/h2-15H,16H2,1H3,(H,27,29)(H,28,33)/b26-14+. The highest BCUT2D eigenvalue weighted by Gasteiger charge is 2.17. The molecule has 0 spiro atoms. The van der Waals surface area contributed by atoms with Gasteiger partial charge in [-0.15, -0.1) is 10.2 Å². The van der Waals surface area contributed by atoms with Crippen LogP contribution in [0.2, 0.25) is 0 Å². The van der Waals surface area contributed by atoms with Gasteiger partial charge in [0, 0.05) is 16.8 Å². The van der Waals surface area contributed by atoms with Crippen LogP contribution in [0.4, 0.5) is 0 Å². The average molecular weight is 484 g/mol. The molecule has 0 fully saturated rings. The van der Waals surface area contributed by atoms with Gasteiger partial charge < -0.3 is 4.42 Å². The lowest BCUT2D eigenvalue weighted by atomic mass is 10.2. The minimum atomic E-state index is -0.269.